The molecule has 1 N–H and O–H groups in total. The Kier molecular flexibility index (Phi) is 6.67. The standard InChI is InChI=1S/C24H27ClN4O3/c1-16-4-7-19(25)14-21(16)27-24(30)29-12-10-28(11-13-29)15-22-17(2)32-23(26-22)18-5-8-20(31-3)9-6-18/h4-9,14H,10-13,15H2,1-3H3,(H,27,30). The molecule has 2 aromatic carbocycles. The molecule has 0 saturated carbocycles. The fourth-order valence-electron chi connectivity index (χ4n) is 3.68. The monoisotopic (exact) mass is 454 g/mol. The molecule has 0 bridgehead atoms. The molecule has 32 heavy (non-hydrogen) atoms. The van der Waals surface area contributed by atoms with Gasteiger partial charge in [0.1, 0.15) is 11.5 Å². The van der Waals surface area contributed by atoms with Gasteiger partial charge >= 0.3 is 6.03 Å². The molecule has 3 aromatic rings. The molecular weight excluding hydrogens is 428 g/mol. The van der Waals surface area contributed by atoms with Crippen LogP contribution < -0.4 is 10.1 Å². The minimum Gasteiger partial charge on any atom is -0.497 e. The minimum absolute atomic E-state index is 0.102. The minimum atomic E-state index is -0.102. The van der Waals surface area contributed by atoms with E-state index in [1.807, 2.05) is 55.1 Å². The van der Waals surface area contributed by atoms with E-state index < -0.39 is 0 Å². The van der Waals surface area contributed by atoms with Crippen LogP contribution in [0.4, 0.5) is 10.5 Å². The zero-order valence-electron chi connectivity index (χ0n) is 18.5. The highest BCUT2D eigenvalue weighted by Gasteiger charge is 2.23. The third kappa shape index (κ3) is 5.06. The zero-order chi connectivity index (χ0) is 22.7. The number of nitrogens with zero attached hydrogens (tertiary/aromatic N) is 3. The molecule has 168 valence electrons. The van der Waals surface area contributed by atoms with Crippen LogP contribution in [-0.4, -0.2) is 54.1 Å². The summed E-state index contributed by atoms with van der Waals surface area (Å²) in [6.45, 7) is 7.41. The van der Waals surface area contributed by atoms with Crippen LogP contribution in [0.5, 0.6) is 5.75 Å². The lowest BCUT2D eigenvalue weighted by atomic mass is 10.2. The van der Waals surface area contributed by atoms with E-state index in [1.54, 1.807) is 13.2 Å². The van der Waals surface area contributed by atoms with Crippen molar-refractivity contribution in [1.82, 2.24) is 14.8 Å². The van der Waals surface area contributed by atoms with Gasteiger partial charge in [-0.2, -0.15) is 0 Å². The van der Waals surface area contributed by atoms with Crippen LogP contribution in [0.1, 0.15) is 17.0 Å². The van der Waals surface area contributed by atoms with Gasteiger partial charge in [-0.25, -0.2) is 9.78 Å². The number of carbonyl (C=O) groups excluding carboxylic acids is 1. The van der Waals surface area contributed by atoms with Gasteiger partial charge in [-0.1, -0.05) is 17.7 Å². The van der Waals surface area contributed by atoms with Gasteiger partial charge in [0.15, 0.2) is 0 Å². The summed E-state index contributed by atoms with van der Waals surface area (Å²) in [5.74, 6) is 2.21. The van der Waals surface area contributed by atoms with Crippen molar-refractivity contribution in [1.29, 1.82) is 0 Å². The predicted octanol–water partition coefficient (Wildman–Crippen LogP) is 4.97. The molecule has 1 aliphatic heterocycles. The number of anilines is 1. The number of halogens is 1. The Balaban J connectivity index is 1.33. The Morgan fingerprint density at radius 2 is 1.84 bits per heavy atom. The van der Waals surface area contributed by atoms with E-state index in [1.165, 1.54) is 0 Å². The Bertz CT molecular complexity index is 1090. The second-order valence-corrected chi connectivity index (χ2v) is 8.34. The zero-order valence-corrected chi connectivity index (χ0v) is 19.3. The Labute approximate surface area is 192 Å². The van der Waals surface area contributed by atoms with Crippen LogP contribution in [0, 0.1) is 13.8 Å². The first-order chi connectivity index (χ1) is 15.4. The topological polar surface area (TPSA) is 70.8 Å². The second-order valence-electron chi connectivity index (χ2n) is 7.90. The summed E-state index contributed by atoms with van der Waals surface area (Å²) >= 11 is 6.06. The number of urea groups is 1. The summed E-state index contributed by atoms with van der Waals surface area (Å²) in [4.78, 5) is 21.5. The third-order valence-corrected chi connectivity index (χ3v) is 5.94. The lowest BCUT2D eigenvalue weighted by molar-refractivity contribution is 0.141. The van der Waals surface area contributed by atoms with E-state index >= 15 is 0 Å². The van der Waals surface area contributed by atoms with E-state index in [-0.39, 0.29) is 6.03 Å². The molecular formula is C24H27ClN4O3. The molecule has 0 radical (unpaired) electrons. The summed E-state index contributed by atoms with van der Waals surface area (Å²) in [5.41, 5.74) is 3.56. The second kappa shape index (κ2) is 9.63. The maximum Gasteiger partial charge on any atom is 0.321 e. The van der Waals surface area contributed by atoms with E-state index in [9.17, 15) is 4.79 Å². The summed E-state index contributed by atoms with van der Waals surface area (Å²) < 4.78 is 11.1. The van der Waals surface area contributed by atoms with Crippen molar-refractivity contribution in [2.24, 2.45) is 0 Å². The number of aryl methyl sites for hydroxylation is 2. The number of piperazine rings is 1. The van der Waals surface area contributed by atoms with E-state index in [0.29, 0.717) is 30.5 Å². The van der Waals surface area contributed by atoms with Crippen molar-refractivity contribution in [3.8, 4) is 17.2 Å². The lowest BCUT2D eigenvalue weighted by Crippen LogP contribution is -2.49. The van der Waals surface area contributed by atoms with Gasteiger partial charge in [0.05, 0.1) is 12.8 Å². The normalized spacial score (nSPS) is 14.4. The van der Waals surface area contributed by atoms with Gasteiger partial charge in [-0.15, -0.1) is 0 Å². The van der Waals surface area contributed by atoms with Crippen molar-refractivity contribution < 1.29 is 13.9 Å². The average Bonchev–Trinajstić information content (AvgIpc) is 3.17. The number of amides is 2. The Hall–Kier alpha value is -3.03. The molecule has 2 amide bonds. The van der Waals surface area contributed by atoms with Gasteiger partial charge in [0, 0.05) is 49.0 Å². The number of hydrogen-bond acceptors (Lipinski definition) is 5. The van der Waals surface area contributed by atoms with Crippen LogP contribution in [0.3, 0.4) is 0 Å². The van der Waals surface area contributed by atoms with Crippen LogP contribution in [0.2, 0.25) is 5.02 Å². The van der Waals surface area contributed by atoms with Crippen molar-refractivity contribution in [3.63, 3.8) is 0 Å². The number of carbonyl (C=O) groups is 1. The number of hydrogen-bond donors (Lipinski definition) is 1. The highest BCUT2D eigenvalue weighted by Crippen LogP contribution is 2.25. The number of benzene rings is 2. The van der Waals surface area contributed by atoms with E-state index in [4.69, 9.17) is 25.7 Å². The summed E-state index contributed by atoms with van der Waals surface area (Å²) in [5, 5.41) is 3.58. The van der Waals surface area contributed by atoms with E-state index in [2.05, 4.69) is 10.2 Å². The number of oxazole rings is 1. The summed E-state index contributed by atoms with van der Waals surface area (Å²) in [6.07, 6.45) is 0. The maximum absolute atomic E-state index is 12.7. The molecule has 7 nitrogen and oxygen atoms in total. The average molecular weight is 455 g/mol. The molecule has 0 atom stereocenters. The van der Waals surface area contributed by atoms with Gasteiger partial charge in [0.2, 0.25) is 5.89 Å². The highest BCUT2D eigenvalue weighted by molar-refractivity contribution is 6.31. The lowest BCUT2D eigenvalue weighted by Gasteiger charge is -2.34. The fraction of sp³-hybridized carbons (Fsp3) is 0.333. The fourth-order valence-corrected chi connectivity index (χ4v) is 3.85. The molecule has 0 aliphatic carbocycles. The quantitative estimate of drug-likeness (QED) is 0.589. The predicted molar refractivity (Wildman–Crippen MR) is 125 cm³/mol. The first kappa shape index (κ1) is 22.2. The van der Waals surface area contributed by atoms with Gasteiger partial charge < -0.3 is 19.4 Å². The van der Waals surface area contributed by atoms with Crippen LogP contribution >= 0.6 is 11.6 Å². The highest BCUT2D eigenvalue weighted by atomic mass is 35.5. The Morgan fingerprint density at radius 1 is 1.12 bits per heavy atom. The van der Waals surface area contributed by atoms with E-state index in [0.717, 1.165) is 47.1 Å². The molecule has 1 aliphatic rings. The smallest absolute Gasteiger partial charge is 0.321 e. The molecule has 4 rings (SSSR count). The largest absolute Gasteiger partial charge is 0.497 e. The van der Waals surface area contributed by atoms with Crippen molar-refractivity contribution >= 4 is 23.3 Å². The van der Waals surface area contributed by atoms with Gasteiger partial charge in [-0.3, -0.25) is 4.90 Å². The van der Waals surface area contributed by atoms with Crippen molar-refractivity contribution in [2.45, 2.75) is 20.4 Å². The number of rotatable bonds is 5. The van der Waals surface area contributed by atoms with Crippen LogP contribution in [0.15, 0.2) is 46.9 Å². The van der Waals surface area contributed by atoms with Gasteiger partial charge in [0.25, 0.3) is 0 Å². The Morgan fingerprint density at radius 3 is 2.53 bits per heavy atom. The molecule has 2 heterocycles. The SMILES string of the molecule is COc1ccc(-c2nc(CN3CCN(C(=O)Nc4cc(Cl)ccc4C)CC3)c(C)o2)cc1. The van der Waals surface area contributed by atoms with Crippen LogP contribution in [-0.2, 0) is 6.54 Å². The molecule has 1 saturated heterocycles. The first-order valence-electron chi connectivity index (χ1n) is 10.6. The number of methoxy groups -OCH3 is 1. The summed E-state index contributed by atoms with van der Waals surface area (Å²) in [6, 6.07) is 13.0. The molecule has 1 aromatic heterocycles. The summed E-state index contributed by atoms with van der Waals surface area (Å²) in [7, 11) is 1.64. The molecule has 8 heteroatoms. The van der Waals surface area contributed by atoms with Crippen molar-refractivity contribution in [3.05, 3.63) is 64.5 Å². The number of ether oxygens (including phenoxy) is 1. The third-order valence-electron chi connectivity index (χ3n) is 5.70. The molecule has 0 spiro atoms. The molecule has 0 unspecified atom stereocenters. The number of aromatic nitrogens is 1. The molecule has 1 fully saturated rings. The number of nitrogens with one attached hydrogen (secondary N) is 1. The van der Waals surface area contributed by atoms with Gasteiger partial charge in [-0.05, 0) is 55.8 Å². The maximum atomic E-state index is 12.7. The first-order valence-corrected chi connectivity index (χ1v) is 11.0. The van der Waals surface area contributed by atoms with Crippen molar-refractivity contribution in [2.75, 3.05) is 38.6 Å². The van der Waals surface area contributed by atoms with Crippen LogP contribution in [0.25, 0.3) is 11.5 Å².